The molecule has 1 amide bonds. The average molecular weight is 389 g/mol. The highest BCUT2D eigenvalue weighted by molar-refractivity contribution is 9.10. The fraction of sp³-hybridized carbons (Fsp3) is 0.111. The second-order valence-electron chi connectivity index (χ2n) is 4.70. The molecule has 24 heavy (non-hydrogen) atoms. The molecule has 1 N–H and O–H groups in total. The summed E-state index contributed by atoms with van der Waals surface area (Å²) in [4.78, 5) is 11.9. The summed E-state index contributed by atoms with van der Waals surface area (Å²) in [5, 5.41) is 3.97. The molecule has 0 atom stereocenters. The zero-order valence-electron chi connectivity index (χ0n) is 13.2. The lowest BCUT2D eigenvalue weighted by Crippen LogP contribution is -2.17. The Labute approximate surface area is 149 Å². The van der Waals surface area contributed by atoms with Gasteiger partial charge in [0.2, 0.25) is 0 Å². The van der Waals surface area contributed by atoms with E-state index in [4.69, 9.17) is 9.47 Å². The predicted octanol–water partition coefficient (Wildman–Crippen LogP) is 3.79. The van der Waals surface area contributed by atoms with Crippen LogP contribution >= 0.6 is 15.9 Å². The zero-order valence-corrected chi connectivity index (χ0v) is 14.7. The smallest absolute Gasteiger partial charge is 0.271 e. The van der Waals surface area contributed by atoms with Crippen molar-refractivity contribution in [3.8, 4) is 11.5 Å². The standard InChI is InChI=1S/C18H17BrN2O3/c1-3-9-24-17-15(19)10-13(11-16(17)23-2)12-20-21-18(22)14-7-5-4-6-8-14/h3-8,10-12H,1,9H2,2H3,(H,21,22)/b20-12-. The zero-order chi connectivity index (χ0) is 17.4. The number of nitrogens with zero attached hydrogens (tertiary/aromatic N) is 1. The van der Waals surface area contributed by atoms with E-state index in [2.05, 4.69) is 33.0 Å². The fourth-order valence-corrected chi connectivity index (χ4v) is 2.49. The van der Waals surface area contributed by atoms with Crippen molar-refractivity contribution >= 4 is 28.1 Å². The van der Waals surface area contributed by atoms with E-state index in [0.717, 1.165) is 10.0 Å². The molecule has 5 nitrogen and oxygen atoms in total. The van der Waals surface area contributed by atoms with Crippen molar-refractivity contribution in [2.45, 2.75) is 0 Å². The van der Waals surface area contributed by atoms with Crippen LogP contribution in [0.1, 0.15) is 15.9 Å². The SMILES string of the molecule is C=CCOc1c(Br)cc(/C=N\NC(=O)c2ccccc2)cc1OC. The monoisotopic (exact) mass is 388 g/mol. The number of ether oxygens (including phenoxy) is 2. The van der Waals surface area contributed by atoms with Crippen LogP contribution in [0.25, 0.3) is 0 Å². The van der Waals surface area contributed by atoms with Gasteiger partial charge in [-0.1, -0.05) is 30.9 Å². The summed E-state index contributed by atoms with van der Waals surface area (Å²) >= 11 is 3.44. The first kappa shape index (κ1) is 17.7. The molecule has 0 fully saturated rings. The van der Waals surface area contributed by atoms with Crippen LogP contribution in [-0.4, -0.2) is 25.8 Å². The van der Waals surface area contributed by atoms with Crippen molar-refractivity contribution in [2.75, 3.05) is 13.7 Å². The van der Waals surface area contributed by atoms with Gasteiger partial charge in [-0.05, 0) is 45.8 Å². The highest BCUT2D eigenvalue weighted by atomic mass is 79.9. The van der Waals surface area contributed by atoms with E-state index < -0.39 is 0 Å². The molecule has 0 aliphatic carbocycles. The summed E-state index contributed by atoms with van der Waals surface area (Å²) in [6.45, 7) is 3.99. The molecule has 0 heterocycles. The molecule has 0 radical (unpaired) electrons. The lowest BCUT2D eigenvalue weighted by atomic mass is 10.2. The minimum absolute atomic E-state index is 0.274. The molecule has 0 saturated heterocycles. The van der Waals surface area contributed by atoms with Gasteiger partial charge in [-0.15, -0.1) is 0 Å². The van der Waals surface area contributed by atoms with Gasteiger partial charge in [0.15, 0.2) is 11.5 Å². The Morgan fingerprint density at radius 2 is 2.08 bits per heavy atom. The van der Waals surface area contributed by atoms with Crippen LogP contribution in [-0.2, 0) is 0 Å². The average Bonchev–Trinajstić information content (AvgIpc) is 2.61. The van der Waals surface area contributed by atoms with Gasteiger partial charge in [-0.2, -0.15) is 5.10 Å². The number of halogens is 1. The maximum atomic E-state index is 11.9. The number of hydrazone groups is 1. The third kappa shape index (κ3) is 4.70. The van der Waals surface area contributed by atoms with E-state index in [1.54, 1.807) is 43.5 Å². The summed E-state index contributed by atoms with van der Waals surface area (Å²) in [7, 11) is 1.56. The number of hydrogen-bond acceptors (Lipinski definition) is 4. The quantitative estimate of drug-likeness (QED) is 0.445. The topological polar surface area (TPSA) is 59.9 Å². The number of nitrogens with one attached hydrogen (secondary N) is 1. The van der Waals surface area contributed by atoms with Crippen molar-refractivity contribution in [3.05, 3.63) is 70.7 Å². The van der Waals surface area contributed by atoms with Gasteiger partial charge >= 0.3 is 0 Å². The van der Waals surface area contributed by atoms with Crippen LogP contribution in [0, 0.1) is 0 Å². The molecule has 0 spiro atoms. The molecule has 2 rings (SSSR count). The Morgan fingerprint density at radius 1 is 1.33 bits per heavy atom. The molecule has 6 heteroatoms. The molecule has 0 aliphatic heterocycles. The predicted molar refractivity (Wildman–Crippen MR) is 97.9 cm³/mol. The molecule has 0 aromatic heterocycles. The fourth-order valence-electron chi connectivity index (χ4n) is 1.92. The van der Waals surface area contributed by atoms with Gasteiger partial charge in [-0.3, -0.25) is 4.79 Å². The van der Waals surface area contributed by atoms with Crippen LogP contribution < -0.4 is 14.9 Å². The van der Waals surface area contributed by atoms with E-state index in [1.807, 2.05) is 12.1 Å². The Morgan fingerprint density at radius 3 is 2.75 bits per heavy atom. The molecular formula is C18H17BrN2O3. The van der Waals surface area contributed by atoms with E-state index in [9.17, 15) is 4.79 Å². The van der Waals surface area contributed by atoms with Gasteiger partial charge in [0.25, 0.3) is 5.91 Å². The number of methoxy groups -OCH3 is 1. The lowest BCUT2D eigenvalue weighted by Gasteiger charge is -2.12. The maximum absolute atomic E-state index is 11.9. The molecular weight excluding hydrogens is 372 g/mol. The highest BCUT2D eigenvalue weighted by Crippen LogP contribution is 2.36. The van der Waals surface area contributed by atoms with Crippen molar-refractivity contribution < 1.29 is 14.3 Å². The molecule has 0 aliphatic rings. The molecule has 124 valence electrons. The van der Waals surface area contributed by atoms with E-state index in [-0.39, 0.29) is 5.91 Å². The van der Waals surface area contributed by atoms with Gasteiger partial charge in [0.05, 0.1) is 17.8 Å². The Kier molecular flexibility index (Phi) is 6.57. The van der Waals surface area contributed by atoms with Crippen LogP contribution in [0.3, 0.4) is 0 Å². The lowest BCUT2D eigenvalue weighted by molar-refractivity contribution is 0.0955. The van der Waals surface area contributed by atoms with Gasteiger partial charge in [0.1, 0.15) is 6.61 Å². The van der Waals surface area contributed by atoms with Gasteiger partial charge in [0, 0.05) is 5.56 Å². The first-order valence-electron chi connectivity index (χ1n) is 7.15. The molecule has 0 saturated carbocycles. The van der Waals surface area contributed by atoms with E-state index in [1.165, 1.54) is 6.21 Å². The van der Waals surface area contributed by atoms with Crippen LogP contribution in [0.2, 0.25) is 0 Å². The second kappa shape index (κ2) is 8.88. The van der Waals surface area contributed by atoms with Crippen molar-refractivity contribution in [2.24, 2.45) is 5.10 Å². The second-order valence-corrected chi connectivity index (χ2v) is 5.55. The largest absolute Gasteiger partial charge is 0.493 e. The van der Waals surface area contributed by atoms with E-state index >= 15 is 0 Å². The summed E-state index contributed by atoms with van der Waals surface area (Å²) in [6, 6.07) is 12.5. The Balaban J connectivity index is 2.10. The highest BCUT2D eigenvalue weighted by Gasteiger charge is 2.10. The Hall–Kier alpha value is -2.60. The number of benzene rings is 2. The maximum Gasteiger partial charge on any atom is 0.271 e. The minimum atomic E-state index is -0.274. The number of carbonyl (C=O) groups is 1. The van der Waals surface area contributed by atoms with Crippen LogP contribution in [0.4, 0.5) is 0 Å². The number of amides is 1. The van der Waals surface area contributed by atoms with Crippen molar-refractivity contribution in [3.63, 3.8) is 0 Å². The van der Waals surface area contributed by atoms with Gasteiger partial charge < -0.3 is 9.47 Å². The number of hydrogen-bond donors (Lipinski definition) is 1. The molecule has 0 unspecified atom stereocenters. The first-order chi connectivity index (χ1) is 11.7. The first-order valence-corrected chi connectivity index (χ1v) is 7.94. The minimum Gasteiger partial charge on any atom is -0.493 e. The summed E-state index contributed by atoms with van der Waals surface area (Å²) in [5.41, 5.74) is 3.77. The number of rotatable bonds is 7. The third-order valence-electron chi connectivity index (χ3n) is 3.01. The van der Waals surface area contributed by atoms with E-state index in [0.29, 0.717) is 23.7 Å². The van der Waals surface area contributed by atoms with Crippen LogP contribution in [0.15, 0.2) is 64.7 Å². The Bertz CT molecular complexity index is 745. The third-order valence-corrected chi connectivity index (χ3v) is 3.60. The molecule has 2 aromatic rings. The number of carbonyl (C=O) groups excluding carboxylic acids is 1. The summed E-state index contributed by atoms with van der Waals surface area (Å²) < 4.78 is 11.6. The van der Waals surface area contributed by atoms with Crippen LogP contribution in [0.5, 0.6) is 11.5 Å². The summed E-state index contributed by atoms with van der Waals surface area (Å²) in [5.74, 6) is 0.869. The molecule has 0 bridgehead atoms. The normalized spacial score (nSPS) is 10.4. The molecule has 2 aromatic carbocycles. The summed E-state index contributed by atoms with van der Waals surface area (Å²) in [6.07, 6.45) is 3.19. The van der Waals surface area contributed by atoms with Gasteiger partial charge in [-0.25, -0.2) is 5.43 Å². The van der Waals surface area contributed by atoms with Crippen molar-refractivity contribution in [1.29, 1.82) is 0 Å². The van der Waals surface area contributed by atoms with Crippen molar-refractivity contribution in [1.82, 2.24) is 5.43 Å².